The molecule has 0 amide bonds. The van der Waals surface area contributed by atoms with Gasteiger partial charge in [0.1, 0.15) is 50.4 Å². The second-order valence-electron chi connectivity index (χ2n) is 7.79. The van der Waals surface area contributed by atoms with Gasteiger partial charge in [-0.15, -0.1) is 16.4 Å². The van der Waals surface area contributed by atoms with Crippen LogP contribution in [0.3, 0.4) is 0 Å². The highest BCUT2D eigenvalue weighted by atomic mass is 16.3. The zero-order valence-corrected chi connectivity index (χ0v) is 16.5. The van der Waals surface area contributed by atoms with Gasteiger partial charge in [-0.1, -0.05) is 35.2 Å². The van der Waals surface area contributed by atoms with E-state index in [1.165, 1.54) is 0 Å². The molecule has 0 unspecified atom stereocenters. The molecule has 0 bridgehead atoms. The first-order valence-corrected chi connectivity index (χ1v) is 9.83. The summed E-state index contributed by atoms with van der Waals surface area (Å²) in [4.78, 5) is 3.55. The van der Waals surface area contributed by atoms with Crippen LogP contribution in [0.4, 0.5) is 0 Å². The minimum atomic E-state index is 0.209. The monoisotopic (exact) mass is 383 g/mol. The van der Waals surface area contributed by atoms with Gasteiger partial charge in [-0.25, -0.2) is 0 Å². The van der Waals surface area contributed by atoms with E-state index in [-0.39, 0.29) is 16.4 Å². The lowest BCUT2D eigenvalue weighted by molar-refractivity contribution is 0.669. The second-order valence-corrected chi connectivity index (χ2v) is 7.79. The number of para-hydroxylation sites is 1. The van der Waals surface area contributed by atoms with Crippen molar-refractivity contribution in [3.63, 3.8) is 0 Å². The maximum absolute atomic E-state index is 6.28. The summed E-state index contributed by atoms with van der Waals surface area (Å²) in [6.45, 7) is 0. The van der Waals surface area contributed by atoms with Crippen LogP contribution in [0, 0.1) is 0 Å². The summed E-state index contributed by atoms with van der Waals surface area (Å²) in [7, 11) is 30.6. The Kier molecular flexibility index (Phi) is 3.83. The number of nitrogens with one attached hydrogen (secondary N) is 1. The fraction of sp³-hybridized carbons (Fsp3) is 0. The van der Waals surface area contributed by atoms with E-state index in [4.69, 9.17) is 43.6 Å². The molecule has 7 heteroatoms. The molecule has 31 heavy (non-hydrogen) atoms. The van der Waals surface area contributed by atoms with Crippen molar-refractivity contribution in [2.24, 2.45) is 0 Å². The van der Waals surface area contributed by atoms with Gasteiger partial charge in [-0.2, -0.15) is 0 Å². The molecule has 4 aromatic carbocycles. The third kappa shape index (κ3) is 2.46. The van der Waals surface area contributed by atoms with E-state index in [0.717, 1.165) is 49.3 Å². The highest BCUT2D eigenvalue weighted by Crippen LogP contribution is 2.37. The van der Waals surface area contributed by atoms with E-state index in [1.54, 1.807) is 0 Å². The Morgan fingerprint density at radius 1 is 0.613 bits per heavy atom. The molecule has 0 fully saturated rings. The molecule has 6 aromatic rings. The number of furan rings is 1. The third-order valence-electron chi connectivity index (χ3n) is 6.10. The van der Waals surface area contributed by atoms with Crippen LogP contribution in [0.25, 0.3) is 54.9 Å². The number of hydrogen-bond acceptors (Lipinski definition) is 1. The SMILES string of the molecule is [B]c1c([B])c([B])c(-c2ccc3[nH]c4c(ccc5oc6ccccc6c54)c3c2)c([B])c1[B]. The van der Waals surface area contributed by atoms with Gasteiger partial charge in [0.25, 0.3) is 0 Å². The summed E-state index contributed by atoms with van der Waals surface area (Å²) >= 11 is 0. The van der Waals surface area contributed by atoms with Gasteiger partial charge < -0.3 is 9.40 Å². The summed E-state index contributed by atoms with van der Waals surface area (Å²) in [6.07, 6.45) is 0. The minimum absolute atomic E-state index is 0.209. The summed E-state index contributed by atoms with van der Waals surface area (Å²) < 4.78 is 6.03. The molecule has 10 radical (unpaired) electrons. The number of hydrogen-bond donors (Lipinski definition) is 1. The van der Waals surface area contributed by atoms with Gasteiger partial charge >= 0.3 is 0 Å². The number of rotatable bonds is 1. The van der Waals surface area contributed by atoms with Crippen molar-refractivity contribution < 1.29 is 4.42 Å². The smallest absolute Gasteiger partial charge is 0.137 e. The standard InChI is InChI=1S/C24H10B5NO/c25-19-17(20(26)22(28)23(29)21(19)27)10-5-7-14-13(9-10)11-6-8-16-18(24(11)30-14)12-3-1-2-4-15(12)31-16/h1-9,30H. The van der Waals surface area contributed by atoms with Crippen molar-refractivity contribution in [1.29, 1.82) is 0 Å². The van der Waals surface area contributed by atoms with E-state index in [0.29, 0.717) is 16.5 Å². The molecule has 1 N–H and O–H groups in total. The van der Waals surface area contributed by atoms with Gasteiger partial charge in [-0.3, -0.25) is 0 Å². The van der Waals surface area contributed by atoms with Gasteiger partial charge in [0.05, 0.1) is 10.9 Å². The van der Waals surface area contributed by atoms with E-state index in [2.05, 4.69) is 17.1 Å². The van der Waals surface area contributed by atoms with Crippen molar-refractivity contribution in [3.05, 3.63) is 54.6 Å². The zero-order valence-electron chi connectivity index (χ0n) is 16.5. The van der Waals surface area contributed by atoms with Crippen molar-refractivity contribution in [1.82, 2.24) is 4.98 Å². The number of aromatic amines is 1. The van der Waals surface area contributed by atoms with Gasteiger partial charge in [-0.05, 0) is 41.5 Å². The maximum atomic E-state index is 6.28. The molecule has 0 saturated carbocycles. The molecule has 0 atom stereocenters. The lowest BCUT2D eigenvalue weighted by Gasteiger charge is -2.21. The van der Waals surface area contributed by atoms with Crippen LogP contribution >= 0.6 is 0 Å². The average Bonchev–Trinajstić information content (AvgIpc) is 3.34. The molecule has 0 aliphatic rings. The van der Waals surface area contributed by atoms with Crippen molar-refractivity contribution in [2.45, 2.75) is 0 Å². The quantitative estimate of drug-likeness (QED) is 0.420. The van der Waals surface area contributed by atoms with Gasteiger partial charge in [0, 0.05) is 21.7 Å². The van der Waals surface area contributed by atoms with Crippen LogP contribution in [0.5, 0.6) is 0 Å². The average molecular weight is 382 g/mol. The Morgan fingerprint density at radius 2 is 1.32 bits per heavy atom. The molecule has 2 nitrogen and oxygen atoms in total. The zero-order chi connectivity index (χ0) is 21.4. The number of benzene rings is 4. The first-order valence-electron chi connectivity index (χ1n) is 9.83. The molecular weight excluding hydrogens is 372 g/mol. The lowest BCUT2D eigenvalue weighted by Crippen LogP contribution is -2.55. The van der Waals surface area contributed by atoms with Gasteiger partial charge in [0.15, 0.2) is 0 Å². The molecule has 132 valence electrons. The molecule has 6 rings (SSSR count). The van der Waals surface area contributed by atoms with Crippen LogP contribution in [0.1, 0.15) is 0 Å². The predicted octanol–water partition coefficient (Wildman–Crippen LogP) is 0.857. The Morgan fingerprint density at radius 3 is 2.10 bits per heavy atom. The largest absolute Gasteiger partial charge is 0.456 e. The molecule has 0 saturated heterocycles. The number of aromatic nitrogens is 1. The first kappa shape index (κ1) is 18.6. The van der Waals surface area contributed by atoms with Crippen molar-refractivity contribution >= 4 is 110 Å². The summed E-state index contributed by atoms with van der Waals surface area (Å²) in [5.74, 6) is 0. The highest BCUT2D eigenvalue weighted by molar-refractivity contribution is 6.68. The second kappa shape index (κ2) is 6.40. The van der Waals surface area contributed by atoms with Crippen LogP contribution in [-0.2, 0) is 0 Å². The molecule has 0 aliphatic carbocycles. The number of fused-ring (bicyclic) bond motifs is 7. The fourth-order valence-corrected chi connectivity index (χ4v) is 4.50. The Labute approximate surface area is 185 Å². The van der Waals surface area contributed by atoms with Crippen molar-refractivity contribution in [2.75, 3.05) is 0 Å². The van der Waals surface area contributed by atoms with E-state index in [9.17, 15) is 0 Å². The van der Waals surface area contributed by atoms with E-state index >= 15 is 0 Å². The summed E-state index contributed by atoms with van der Waals surface area (Å²) in [5.41, 5.74) is 6.47. The maximum Gasteiger partial charge on any atom is 0.137 e. The molecule has 2 aromatic heterocycles. The predicted molar refractivity (Wildman–Crippen MR) is 135 cm³/mol. The molecule has 0 aliphatic heterocycles. The minimum Gasteiger partial charge on any atom is -0.456 e. The topological polar surface area (TPSA) is 28.9 Å². The van der Waals surface area contributed by atoms with E-state index < -0.39 is 0 Å². The Hall–Kier alpha value is -3.20. The summed E-state index contributed by atoms with van der Waals surface area (Å²) in [5, 5.41) is 4.24. The van der Waals surface area contributed by atoms with Crippen LogP contribution < -0.4 is 27.3 Å². The lowest BCUT2D eigenvalue weighted by atomic mass is 9.59. The van der Waals surface area contributed by atoms with Crippen LogP contribution in [-0.4, -0.2) is 44.2 Å². The van der Waals surface area contributed by atoms with Crippen molar-refractivity contribution in [3.8, 4) is 11.1 Å². The van der Waals surface area contributed by atoms with Crippen LogP contribution in [0.2, 0.25) is 0 Å². The Bertz CT molecular complexity index is 1670. The summed E-state index contributed by atoms with van der Waals surface area (Å²) in [6, 6.07) is 18.1. The number of H-pyrrole nitrogens is 1. The molecule has 2 heterocycles. The van der Waals surface area contributed by atoms with Gasteiger partial charge in [0.2, 0.25) is 0 Å². The highest BCUT2D eigenvalue weighted by Gasteiger charge is 2.16. The molecule has 0 spiro atoms. The van der Waals surface area contributed by atoms with Crippen LogP contribution in [0.15, 0.2) is 59.0 Å². The Balaban J connectivity index is 1.69. The third-order valence-corrected chi connectivity index (χ3v) is 6.10. The molecular formula is C24H10B5NO. The first-order chi connectivity index (χ1) is 15.0. The van der Waals surface area contributed by atoms with E-state index in [1.807, 2.05) is 42.5 Å². The normalized spacial score (nSPS) is 11.9. The fourth-order valence-electron chi connectivity index (χ4n) is 4.50.